The minimum absolute atomic E-state index is 0.199. The Morgan fingerprint density at radius 1 is 0.328 bits per heavy atom. The Balaban J connectivity index is 1.40. The number of para-hydroxylation sites is 6. The third kappa shape index (κ3) is 9.84. The molecule has 0 saturated heterocycles. The molecule has 6 N–H and O–H groups in total. The highest BCUT2D eigenvalue weighted by molar-refractivity contribution is 6.39. The van der Waals surface area contributed by atoms with Crippen molar-refractivity contribution in [3.05, 3.63) is 144 Å². The SMILES string of the molecule is Nc1ccc(Oc2ccccc2OB(Oc2ccccc2Oc2ccc(N)cc2C(F)(F)F)Oc2ccccc2Oc2ccc(N)cc2C(F)(F)F)c(C(F)(F)F)c1. The number of rotatable bonds is 12. The molecule has 300 valence electrons. The predicted molar refractivity (Wildman–Crippen MR) is 195 cm³/mol. The molecule has 0 aliphatic heterocycles. The van der Waals surface area contributed by atoms with Crippen LogP contribution in [0.25, 0.3) is 0 Å². The second kappa shape index (κ2) is 16.2. The Bertz CT molecular complexity index is 2150. The minimum atomic E-state index is -4.89. The standard InChI is InChI=1S/C39H27BF9N3O6/c41-37(42,43)25-19-22(50)13-16-28(25)53-31-7-1-4-10-34(31)56-40(57-35-11-5-2-8-32(35)54-29-17-14-23(51)20-26(29)38(44,45)46)58-36-12-6-3-9-33(36)55-30-18-15-24(52)21-27(30)39(47,48)49/h1-21H,50-52H2. The molecule has 0 aromatic heterocycles. The number of alkyl halides is 9. The smallest absolute Gasteiger partial charge is 0.486 e. The number of ether oxygens (including phenoxy) is 3. The van der Waals surface area contributed by atoms with Crippen molar-refractivity contribution in [3.63, 3.8) is 0 Å². The maximum Gasteiger partial charge on any atom is 0.864 e. The molecule has 0 radical (unpaired) electrons. The molecule has 0 amide bonds. The van der Waals surface area contributed by atoms with Crippen LogP contribution < -0.4 is 45.4 Å². The van der Waals surface area contributed by atoms with Gasteiger partial charge in [-0.3, -0.25) is 0 Å². The zero-order valence-corrected chi connectivity index (χ0v) is 29.3. The average molecular weight is 815 g/mol. The van der Waals surface area contributed by atoms with E-state index in [1.54, 1.807) is 0 Å². The third-order valence-corrected chi connectivity index (χ3v) is 7.80. The van der Waals surface area contributed by atoms with Gasteiger partial charge in [0.25, 0.3) is 0 Å². The fraction of sp³-hybridized carbons (Fsp3) is 0.0769. The summed E-state index contributed by atoms with van der Waals surface area (Å²) in [6.45, 7) is 0. The minimum Gasteiger partial charge on any atom is -0.486 e. The molecule has 9 nitrogen and oxygen atoms in total. The van der Waals surface area contributed by atoms with E-state index < -0.39 is 59.8 Å². The second-order valence-corrected chi connectivity index (χ2v) is 12.0. The quantitative estimate of drug-likeness (QED) is 0.0627. The van der Waals surface area contributed by atoms with E-state index >= 15 is 0 Å². The van der Waals surface area contributed by atoms with Crippen LogP contribution in [0.2, 0.25) is 0 Å². The lowest BCUT2D eigenvalue weighted by molar-refractivity contribution is -0.139. The highest BCUT2D eigenvalue weighted by Gasteiger charge is 2.39. The summed E-state index contributed by atoms with van der Waals surface area (Å²) in [6, 6.07) is 24.5. The molecular weight excluding hydrogens is 788 g/mol. The summed E-state index contributed by atoms with van der Waals surface area (Å²) < 4.78 is 161. The fourth-order valence-corrected chi connectivity index (χ4v) is 5.21. The zero-order valence-electron chi connectivity index (χ0n) is 29.3. The van der Waals surface area contributed by atoms with E-state index in [2.05, 4.69) is 0 Å². The largest absolute Gasteiger partial charge is 0.864 e. The monoisotopic (exact) mass is 815 g/mol. The lowest BCUT2D eigenvalue weighted by Crippen LogP contribution is -2.37. The van der Waals surface area contributed by atoms with Gasteiger partial charge in [-0.25, -0.2) is 0 Å². The van der Waals surface area contributed by atoms with Crippen LogP contribution in [0.4, 0.5) is 56.6 Å². The molecule has 0 unspecified atom stereocenters. The van der Waals surface area contributed by atoms with Crippen LogP contribution in [0.3, 0.4) is 0 Å². The number of benzene rings is 6. The maximum absolute atomic E-state index is 14.0. The van der Waals surface area contributed by atoms with Gasteiger partial charge in [-0.05, 0) is 91.0 Å². The van der Waals surface area contributed by atoms with E-state index in [0.29, 0.717) is 18.2 Å². The van der Waals surface area contributed by atoms with Crippen molar-refractivity contribution in [2.75, 3.05) is 17.2 Å². The van der Waals surface area contributed by atoms with Gasteiger partial charge in [0.15, 0.2) is 17.2 Å². The Morgan fingerprint density at radius 3 is 0.810 bits per heavy atom. The molecule has 0 aliphatic rings. The Kier molecular flexibility index (Phi) is 11.3. The van der Waals surface area contributed by atoms with Crippen molar-refractivity contribution in [1.29, 1.82) is 0 Å². The molecule has 19 heteroatoms. The van der Waals surface area contributed by atoms with Crippen LogP contribution in [0.5, 0.6) is 51.7 Å². The number of nitrogens with two attached hydrogens (primary N) is 3. The van der Waals surface area contributed by atoms with Crippen LogP contribution in [0.15, 0.2) is 127 Å². The molecule has 58 heavy (non-hydrogen) atoms. The van der Waals surface area contributed by atoms with E-state index in [4.69, 9.17) is 45.4 Å². The van der Waals surface area contributed by atoms with Crippen molar-refractivity contribution < 1.29 is 67.7 Å². The molecular formula is C39H27BF9N3O6. The normalized spacial score (nSPS) is 11.7. The molecule has 0 saturated carbocycles. The van der Waals surface area contributed by atoms with Gasteiger partial charge in [-0.2, -0.15) is 39.5 Å². The van der Waals surface area contributed by atoms with E-state index in [0.717, 1.165) is 18.2 Å². The van der Waals surface area contributed by atoms with Gasteiger partial charge in [0, 0.05) is 17.1 Å². The van der Waals surface area contributed by atoms with Crippen LogP contribution in [-0.2, 0) is 18.5 Å². The summed E-state index contributed by atoms with van der Waals surface area (Å²) in [6.07, 6.45) is -14.7. The van der Waals surface area contributed by atoms with Crippen molar-refractivity contribution in [2.45, 2.75) is 18.5 Å². The van der Waals surface area contributed by atoms with Crippen molar-refractivity contribution in [1.82, 2.24) is 0 Å². The fourth-order valence-electron chi connectivity index (χ4n) is 5.21. The second-order valence-electron chi connectivity index (χ2n) is 12.0. The lowest BCUT2D eigenvalue weighted by Gasteiger charge is -2.22. The molecule has 6 rings (SSSR count). The van der Waals surface area contributed by atoms with Gasteiger partial charge in [-0.1, -0.05) is 36.4 Å². The summed E-state index contributed by atoms with van der Waals surface area (Å²) in [5, 5.41) is 0. The maximum atomic E-state index is 14.0. The van der Waals surface area contributed by atoms with E-state index in [1.807, 2.05) is 0 Å². The van der Waals surface area contributed by atoms with Crippen molar-refractivity contribution in [2.24, 2.45) is 0 Å². The molecule has 0 atom stereocenters. The summed E-state index contributed by atoms with van der Waals surface area (Å²) in [5.41, 5.74) is 12.5. The van der Waals surface area contributed by atoms with E-state index in [1.165, 1.54) is 91.0 Å². The van der Waals surface area contributed by atoms with Crippen LogP contribution in [-0.4, -0.2) is 7.32 Å². The first kappa shape index (κ1) is 40.6. The molecule has 0 fully saturated rings. The van der Waals surface area contributed by atoms with Gasteiger partial charge in [0.2, 0.25) is 0 Å². The lowest BCUT2D eigenvalue weighted by atomic mass is 10.1. The highest BCUT2D eigenvalue weighted by atomic mass is 19.4. The molecule has 0 bridgehead atoms. The van der Waals surface area contributed by atoms with Gasteiger partial charge in [0.05, 0.1) is 0 Å². The molecule has 6 aromatic rings. The van der Waals surface area contributed by atoms with E-state index in [-0.39, 0.29) is 51.6 Å². The third-order valence-electron chi connectivity index (χ3n) is 7.80. The zero-order chi connectivity index (χ0) is 41.8. The molecule has 0 spiro atoms. The summed E-state index contributed by atoms with van der Waals surface area (Å²) in [7, 11) is -2.05. The Morgan fingerprint density at radius 2 is 0.569 bits per heavy atom. The van der Waals surface area contributed by atoms with E-state index in [9.17, 15) is 39.5 Å². The molecule has 6 aromatic carbocycles. The number of halogens is 9. The molecule has 0 heterocycles. The van der Waals surface area contributed by atoms with Crippen molar-refractivity contribution in [3.8, 4) is 51.7 Å². The van der Waals surface area contributed by atoms with Crippen LogP contribution in [0.1, 0.15) is 16.7 Å². The number of nitrogen functional groups attached to an aromatic ring is 3. The summed E-state index contributed by atoms with van der Waals surface area (Å²) >= 11 is 0. The Hall–Kier alpha value is -7.05. The predicted octanol–water partition coefficient (Wildman–Crippen LogP) is 11.4. The summed E-state index contributed by atoms with van der Waals surface area (Å²) in [5.74, 6) is -3.82. The topological polar surface area (TPSA) is 133 Å². The van der Waals surface area contributed by atoms with Crippen LogP contribution in [0, 0.1) is 0 Å². The highest BCUT2D eigenvalue weighted by Crippen LogP contribution is 2.45. The number of anilines is 3. The number of hydrogen-bond acceptors (Lipinski definition) is 9. The first-order valence-electron chi connectivity index (χ1n) is 16.6. The molecule has 0 aliphatic carbocycles. The van der Waals surface area contributed by atoms with Gasteiger partial charge < -0.3 is 45.4 Å². The summed E-state index contributed by atoms with van der Waals surface area (Å²) in [4.78, 5) is 0. The number of hydrogen-bond donors (Lipinski definition) is 3. The first-order chi connectivity index (χ1) is 27.3. The van der Waals surface area contributed by atoms with Gasteiger partial charge >= 0.3 is 25.9 Å². The Labute approximate surface area is 323 Å². The average Bonchev–Trinajstić information content (AvgIpc) is 3.15. The van der Waals surface area contributed by atoms with Gasteiger partial charge in [-0.15, -0.1) is 0 Å². The van der Waals surface area contributed by atoms with Gasteiger partial charge in [0.1, 0.15) is 51.2 Å². The van der Waals surface area contributed by atoms with Crippen molar-refractivity contribution >= 4 is 24.4 Å². The van der Waals surface area contributed by atoms with Crippen LogP contribution >= 0.6 is 0 Å². The first-order valence-corrected chi connectivity index (χ1v) is 16.6.